The predicted octanol–water partition coefficient (Wildman–Crippen LogP) is -0.139. The minimum atomic E-state index is -0.0642. The van der Waals surface area contributed by atoms with Crippen LogP contribution >= 0.6 is 0 Å². The van der Waals surface area contributed by atoms with Gasteiger partial charge in [-0.3, -0.25) is 9.59 Å². The highest BCUT2D eigenvalue weighted by Gasteiger charge is 2.03. The third-order valence-electron chi connectivity index (χ3n) is 1.96. The molecule has 0 aliphatic carbocycles. The lowest BCUT2D eigenvalue weighted by Crippen LogP contribution is -2.32. The van der Waals surface area contributed by atoms with Gasteiger partial charge in [0.05, 0.1) is 5.56 Å². The van der Waals surface area contributed by atoms with E-state index >= 15 is 0 Å². The van der Waals surface area contributed by atoms with E-state index in [-0.39, 0.29) is 5.91 Å². The maximum Gasteiger partial charge on any atom is 0.225 e. The summed E-state index contributed by atoms with van der Waals surface area (Å²) in [5.74, 6) is 0.460. The Hall–Kier alpha value is -1.98. The van der Waals surface area contributed by atoms with Crippen molar-refractivity contribution in [3.05, 3.63) is 18.0 Å². The topological polar surface area (TPSA) is 75.2 Å². The number of hydrogen-bond donors (Lipinski definition) is 1. The van der Waals surface area contributed by atoms with Gasteiger partial charge in [-0.15, -0.1) is 0 Å². The van der Waals surface area contributed by atoms with Crippen molar-refractivity contribution in [1.29, 1.82) is 0 Å². The second-order valence-electron chi connectivity index (χ2n) is 3.34. The summed E-state index contributed by atoms with van der Waals surface area (Å²) >= 11 is 0. The van der Waals surface area contributed by atoms with Crippen molar-refractivity contribution < 1.29 is 9.59 Å². The zero-order valence-electron chi connectivity index (χ0n) is 9.30. The van der Waals surface area contributed by atoms with Gasteiger partial charge in [-0.1, -0.05) is 0 Å². The molecule has 0 aliphatic heterocycles. The number of likely N-dealkylation sites (N-methyl/N-ethyl adjacent to an activating group) is 1. The maximum absolute atomic E-state index is 10.6. The van der Waals surface area contributed by atoms with Crippen LogP contribution in [0.3, 0.4) is 0 Å². The zero-order valence-corrected chi connectivity index (χ0v) is 9.30. The highest BCUT2D eigenvalue weighted by atomic mass is 16.1. The summed E-state index contributed by atoms with van der Waals surface area (Å²) in [6.07, 6.45) is 3.62. The Kier molecular flexibility index (Phi) is 4.38. The number of amides is 1. The second kappa shape index (κ2) is 5.79. The molecule has 0 atom stereocenters. The van der Waals surface area contributed by atoms with E-state index in [2.05, 4.69) is 15.3 Å². The zero-order chi connectivity index (χ0) is 12.0. The molecule has 0 saturated carbocycles. The van der Waals surface area contributed by atoms with Crippen LogP contribution < -0.4 is 10.2 Å². The van der Waals surface area contributed by atoms with Crippen LogP contribution in [0.1, 0.15) is 17.3 Å². The fourth-order valence-electron chi connectivity index (χ4n) is 1.09. The van der Waals surface area contributed by atoms with E-state index in [4.69, 9.17) is 0 Å². The number of carbonyl (C=O) groups excluding carboxylic acids is 2. The molecule has 0 spiro atoms. The Bertz CT molecular complexity index is 364. The summed E-state index contributed by atoms with van der Waals surface area (Å²) in [5, 5.41) is 2.68. The van der Waals surface area contributed by atoms with E-state index in [1.165, 1.54) is 19.3 Å². The number of hydrogen-bond acceptors (Lipinski definition) is 5. The monoisotopic (exact) mass is 222 g/mol. The van der Waals surface area contributed by atoms with E-state index in [1.54, 1.807) is 4.90 Å². The highest BCUT2D eigenvalue weighted by Crippen LogP contribution is 2.02. The van der Waals surface area contributed by atoms with Crippen LogP contribution in [0.5, 0.6) is 0 Å². The van der Waals surface area contributed by atoms with Gasteiger partial charge in [-0.2, -0.15) is 0 Å². The van der Waals surface area contributed by atoms with Gasteiger partial charge in [0.25, 0.3) is 0 Å². The summed E-state index contributed by atoms with van der Waals surface area (Å²) in [5.41, 5.74) is 0.444. The number of rotatable bonds is 5. The van der Waals surface area contributed by atoms with Crippen molar-refractivity contribution in [2.24, 2.45) is 0 Å². The van der Waals surface area contributed by atoms with Gasteiger partial charge in [0.1, 0.15) is 0 Å². The van der Waals surface area contributed by atoms with Crippen molar-refractivity contribution in [2.75, 3.05) is 25.0 Å². The molecule has 0 radical (unpaired) electrons. The minimum Gasteiger partial charge on any atom is -0.355 e. The Balaban J connectivity index is 2.48. The Morgan fingerprint density at radius 3 is 2.62 bits per heavy atom. The molecule has 6 nitrogen and oxygen atoms in total. The molecule has 0 aromatic carbocycles. The number of carbonyl (C=O) groups is 2. The molecule has 0 fully saturated rings. The largest absolute Gasteiger partial charge is 0.355 e. The fourth-order valence-corrected chi connectivity index (χ4v) is 1.09. The molecule has 1 N–H and O–H groups in total. The van der Waals surface area contributed by atoms with Crippen LogP contribution in [0.2, 0.25) is 0 Å². The lowest BCUT2D eigenvalue weighted by atomic mass is 10.4. The van der Waals surface area contributed by atoms with Crippen molar-refractivity contribution in [1.82, 2.24) is 15.3 Å². The van der Waals surface area contributed by atoms with Gasteiger partial charge in [0.2, 0.25) is 11.9 Å². The molecule has 1 heterocycles. The van der Waals surface area contributed by atoms with Crippen LogP contribution in [0, 0.1) is 0 Å². The number of nitrogens with zero attached hydrogens (tertiary/aromatic N) is 3. The van der Waals surface area contributed by atoms with Crippen molar-refractivity contribution in [3.63, 3.8) is 0 Å². The summed E-state index contributed by atoms with van der Waals surface area (Å²) in [4.78, 5) is 30.9. The highest BCUT2D eigenvalue weighted by molar-refractivity contribution is 5.73. The lowest BCUT2D eigenvalue weighted by molar-refractivity contribution is -0.118. The van der Waals surface area contributed by atoms with Gasteiger partial charge < -0.3 is 10.2 Å². The Labute approximate surface area is 93.7 Å². The first-order chi connectivity index (χ1) is 7.63. The first-order valence-corrected chi connectivity index (χ1v) is 4.86. The molecule has 0 unspecified atom stereocenters. The van der Waals surface area contributed by atoms with Crippen LogP contribution in [-0.4, -0.2) is 42.3 Å². The average Bonchev–Trinajstić information content (AvgIpc) is 2.28. The van der Waals surface area contributed by atoms with Gasteiger partial charge in [0, 0.05) is 39.5 Å². The van der Waals surface area contributed by atoms with Crippen LogP contribution in [0.4, 0.5) is 5.95 Å². The molecular weight excluding hydrogens is 208 g/mol. The molecule has 16 heavy (non-hydrogen) atoms. The third-order valence-corrected chi connectivity index (χ3v) is 1.96. The van der Waals surface area contributed by atoms with Gasteiger partial charge in [0.15, 0.2) is 6.29 Å². The normalized spacial score (nSPS) is 9.62. The molecule has 0 aliphatic rings. The van der Waals surface area contributed by atoms with Crippen LogP contribution in [-0.2, 0) is 4.79 Å². The molecule has 0 saturated heterocycles. The fraction of sp³-hybridized carbons (Fsp3) is 0.400. The maximum atomic E-state index is 10.6. The molecule has 6 heteroatoms. The number of nitrogens with one attached hydrogen (secondary N) is 1. The molecule has 86 valence electrons. The second-order valence-corrected chi connectivity index (χ2v) is 3.34. The smallest absolute Gasteiger partial charge is 0.225 e. The minimum absolute atomic E-state index is 0.0642. The van der Waals surface area contributed by atoms with Gasteiger partial charge in [-0.05, 0) is 0 Å². The Morgan fingerprint density at radius 1 is 1.50 bits per heavy atom. The van der Waals surface area contributed by atoms with Gasteiger partial charge >= 0.3 is 0 Å². The average molecular weight is 222 g/mol. The molecule has 0 bridgehead atoms. The van der Waals surface area contributed by atoms with E-state index in [9.17, 15) is 9.59 Å². The van der Waals surface area contributed by atoms with E-state index < -0.39 is 0 Å². The molecule has 1 rings (SSSR count). The summed E-state index contributed by atoms with van der Waals surface area (Å²) < 4.78 is 0. The number of aldehydes is 1. The summed E-state index contributed by atoms with van der Waals surface area (Å²) in [6, 6.07) is 0. The number of anilines is 1. The van der Waals surface area contributed by atoms with E-state index in [0.29, 0.717) is 30.9 Å². The first kappa shape index (κ1) is 12.1. The number of aromatic nitrogens is 2. The SMILES string of the molecule is CC(=O)NCCN(C)c1ncc(C=O)cn1. The van der Waals surface area contributed by atoms with E-state index in [1.807, 2.05) is 7.05 Å². The predicted molar refractivity (Wildman–Crippen MR) is 59.4 cm³/mol. The van der Waals surface area contributed by atoms with Crippen molar-refractivity contribution in [3.8, 4) is 0 Å². The quantitative estimate of drug-likeness (QED) is 0.702. The van der Waals surface area contributed by atoms with E-state index in [0.717, 1.165) is 0 Å². The van der Waals surface area contributed by atoms with Gasteiger partial charge in [-0.25, -0.2) is 9.97 Å². The standard InChI is InChI=1S/C10H14N4O2/c1-8(16)11-3-4-14(2)10-12-5-9(7-15)6-13-10/h5-7H,3-4H2,1-2H3,(H,11,16). The summed E-state index contributed by atoms with van der Waals surface area (Å²) in [7, 11) is 1.82. The first-order valence-electron chi connectivity index (χ1n) is 4.86. The lowest BCUT2D eigenvalue weighted by Gasteiger charge is -2.16. The van der Waals surface area contributed by atoms with Crippen LogP contribution in [0.15, 0.2) is 12.4 Å². The third kappa shape index (κ3) is 3.64. The summed E-state index contributed by atoms with van der Waals surface area (Å²) in [6.45, 7) is 2.61. The Morgan fingerprint density at radius 2 is 2.12 bits per heavy atom. The van der Waals surface area contributed by atoms with Crippen LogP contribution in [0.25, 0.3) is 0 Å². The molecule has 1 aromatic rings. The molecule has 1 aromatic heterocycles. The molecule has 1 amide bonds. The van der Waals surface area contributed by atoms with Crippen molar-refractivity contribution in [2.45, 2.75) is 6.92 Å². The molecular formula is C10H14N4O2. The van der Waals surface area contributed by atoms with Crippen molar-refractivity contribution >= 4 is 18.1 Å².